The van der Waals surface area contributed by atoms with Gasteiger partial charge in [0.15, 0.2) is 0 Å². The molecular weight excluding hydrogens is 206 g/mol. The van der Waals surface area contributed by atoms with Gasteiger partial charge in [-0.25, -0.2) is 0 Å². The first-order valence-electron chi connectivity index (χ1n) is 8.06. The van der Waals surface area contributed by atoms with E-state index < -0.39 is 0 Å². The molecule has 1 aliphatic carbocycles. The molecule has 1 aliphatic rings. The van der Waals surface area contributed by atoms with Crippen LogP contribution in [0.3, 0.4) is 0 Å². The molecule has 17 heavy (non-hydrogen) atoms. The predicted octanol–water partition coefficient (Wildman–Crippen LogP) is 5.18. The maximum atomic E-state index is 6.63. The summed E-state index contributed by atoms with van der Waals surface area (Å²) in [6, 6.07) is 0. The van der Waals surface area contributed by atoms with E-state index in [1.807, 2.05) is 0 Å². The molecule has 0 aliphatic heterocycles. The lowest BCUT2D eigenvalue weighted by Gasteiger charge is -2.30. The van der Waals surface area contributed by atoms with E-state index in [9.17, 15) is 0 Å². The first kappa shape index (κ1) is 15.0. The summed E-state index contributed by atoms with van der Waals surface area (Å²) in [4.78, 5) is 0. The molecular formula is C16H33N. The Kier molecular flexibility index (Phi) is 7.92. The summed E-state index contributed by atoms with van der Waals surface area (Å²) in [6.45, 7) is 2.28. The van der Waals surface area contributed by atoms with Crippen molar-refractivity contribution in [1.29, 1.82) is 0 Å². The molecule has 0 amide bonds. The summed E-state index contributed by atoms with van der Waals surface area (Å²) >= 11 is 0. The molecule has 1 fully saturated rings. The molecule has 0 unspecified atom stereocenters. The van der Waals surface area contributed by atoms with Crippen molar-refractivity contribution in [3.05, 3.63) is 0 Å². The maximum Gasteiger partial charge on any atom is 0.0154 e. The molecule has 102 valence electrons. The van der Waals surface area contributed by atoms with Crippen molar-refractivity contribution in [2.24, 2.45) is 5.73 Å². The number of nitrogens with two attached hydrogens (primary N) is 1. The molecule has 0 saturated heterocycles. The smallest absolute Gasteiger partial charge is 0.0154 e. The van der Waals surface area contributed by atoms with Gasteiger partial charge in [0.25, 0.3) is 0 Å². The second-order valence-electron chi connectivity index (χ2n) is 6.15. The zero-order valence-electron chi connectivity index (χ0n) is 12.0. The van der Waals surface area contributed by atoms with Crippen LogP contribution >= 0.6 is 0 Å². The van der Waals surface area contributed by atoms with Gasteiger partial charge < -0.3 is 5.73 Å². The molecule has 0 atom stereocenters. The minimum atomic E-state index is 0.176. The Balaban J connectivity index is 2.35. The van der Waals surface area contributed by atoms with Crippen molar-refractivity contribution < 1.29 is 0 Å². The first-order chi connectivity index (χ1) is 8.27. The van der Waals surface area contributed by atoms with Crippen molar-refractivity contribution in [3.63, 3.8) is 0 Å². The maximum absolute atomic E-state index is 6.63. The highest BCUT2D eigenvalue weighted by atomic mass is 14.7. The lowest BCUT2D eigenvalue weighted by molar-refractivity contribution is 0.303. The highest BCUT2D eigenvalue weighted by Gasteiger charge is 2.23. The molecule has 0 radical (unpaired) electrons. The number of hydrogen-bond donors (Lipinski definition) is 1. The van der Waals surface area contributed by atoms with Gasteiger partial charge in [-0.2, -0.15) is 0 Å². The molecule has 1 saturated carbocycles. The van der Waals surface area contributed by atoms with Gasteiger partial charge in [0.2, 0.25) is 0 Å². The van der Waals surface area contributed by atoms with Crippen LogP contribution in [0.2, 0.25) is 0 Å². The van der Waals surface area contributed by atoms with Crippen LogP contribution in [0, 0.1) is 0 Å². The van der Waals surface area contributed by atoms with E-state index in [-0.39, 0.29) is 5.54 Å². The van der Waals surface area contributed by atoms with Gasteiger partial charge in [0.05, 0.1) is 0 Å². The Hall–Kier alpha value is -0.0400. The Bertz CT molecular complexity index is 164. The minimum absolute atomic E-state index is 0.176. The average Bonchev–Trinajstić information content (AvgIpc) is 2.32. The van der Waals surface area contributed by atoms with Crippen molar-refractivity contribution in [2.45, 2.75) is 102 Å². The van der Waals surface area contributed by atoms with E-state index in [0.29, 0.717) is 0 Å². The topological polar surface area (TPSA) is 26.0 Å². The normalized spacial score (nSPS) is 23.6. The van der Waals surface area contributed by atoms with E-state index >= 15 is 0 Å². The summed E-state index contributed by atoms with van der Waals surface area (Å²) in [6.07, 6.45) is 19.2. The molecule has 0 aromatic heterocycles. The standard InChI is InChI=1S/C16H33N/c1-2-3-13-16(17)14-11-9-7-5-4-6-8-10-12-15-16/h2-15,17H2,1H3. The van der Waals surface area contributed by atoms with Gasteiger partial charge in [0, 0.05) is 5.54 Å². The zero-order valence-corrected chi connectivity index (χ0v) is 12.0. The first-order valence-corrected chi connectivity index (χ1v) is 8.06. The highest BCUT2D eigenvalue weighted by Crippen LogP contribution is 2.27. The Morgan fingerprint density at radius 1 is 0.765 bits per heavy atom. The third-order valence-electron chi connectivity index (χ3n) is 4.38. The predicted molar refractivity (Wildman–Crippen MR) is 77.2 cm³/mol. The van der Waals surface area contributed by atoms with E-state index in [1.165, 1.54) is 89.9 Å². The fraction of sp³-hybridized carbons (Fsp3) is 1.00. The van der Waals surface area contributed by atoms with Crippen LogP contribution in [0.15, 0.2) is 0 Å². The van der Waals surface area contributed by atoms with Crippen LogP contribution in [0.25, 0.3) is 0 Å². The summed E-state index contributed by atoms with van der Waals surface area (Å²) in [5.74, 6) is 0. The molecule has 0 aromatic rings. The zero-order chi connectivity index (χ0) is 12.4. The van der Waals surface area contributed by atoms with Crippen molar-refractivity contribution in [1.82, 2.24) is 0 Å². The molecule has 1 rings (SSSR count). The molecule has 2 N–H and O–H groups in total. The van der Waals surface area contributed by atoms with Crippen LogP contribution in [0.5, 0.6) is 0 Å². The number of rotatable bonds is 3. The van der Waals surface area contributed by atoms with E-state index in [0.717, 1.165) is 0 Å². The van der Waals surface area contributed by atoms with Gasteiger partial charge in [-0.1, -0.05) is 77.6 Å². The highest BCUT2D eigenvalue weighted by molar-refractivity contribution is 4.84. The Morgan fingerprint density at radius 3 is 1.59 bits per heavy atom. The second kappa shape index (κ2) is 8.97. The summed E-state index contributed by atoms with van der Waals surface area (Å²) in [5.41, 5.74) is 6.80. The van der Waals surface area contributed by atoms with Gasteiger partial charge in [-0.15, -0.1) is 0 Å². The Labute approximate surface area is 109 Å². The molecule has 1 nitrogen and oxygen atoms in total. The monoisotopic (exact) mass is 239 g/mol. The van der Waals surface area contributed by atoms with Gasteiger partial charge in [-0.3, -0.25) is 0 Å². The number of unbranched alkanes of at least 4 members (excludes halogenated alkanes) is 1. The molecule has 0 aromatic carbocycles. The lowest BCUT2D eigenvalue weighted by atomic mass is 9.82. The molecule has 0 heterocycles. The van der Waals surface area contributed by atoms with Gasteiger partial charge in [-0.05, 0) is 19.3 Å². The minimum Gasteiger partial charge on any atom is -0.325 e. The van der Waals surface area contributed by atoms with Crippen LogP contribution < -0.4 is 5.73 Å². The summed E-state index contributed by atoms with van der Waals surface area (Å²) < 4.78 is 0. The fourth-order valence-electron chi connectivity index (χ4n) is 3.10. The van der Waals surface area contributed by atoms with Crippen LogP contribution in [0.1, 0.15) is 96.8 Å². The van der Waals surface area contributed by atoms with Gasteiger partial charge in [0.1, 0.15) is 0 Å². The van der Waals surface area contributed by atoms with Crippen LogP contribution in [-0.2, 0) is 0 Å². The van der Waals surface area contributed by atoms with Crippen molar-refractivity contribution in [3.8, 4) is 0 Å². The van der Waals surface area contributed by atoms with Crippen molar-refractivity contribution in [2.75, 3.05) is 0 Å². The largest absolute Gasteiger partial charge is 0.325 e. The van der Waals surface area contributed by atoms with E-state index in [1.54, 1.807) is 0 Å². The lowest BCUT2D eigenvalue weighted by Crippen LogP contribution is -2.39. The van der Waals surface area contributed by atoms with Crippen LogP contribution in [-0.4, -0.2) is 5.54 Å². The second-order valence-corrected chi connectivity index (χ2v) is 6.15. The van der Waals surface area contributed by atoms with Crippen molar-refractivity contribution >= 4 is 0 Å². The Morgan fingerprint density at radius 2 is 1.18 bits per heavy atom. The van der Waals surface area contributed by atoms with Crippen LogP contribution in [0.4, 0.5) is 0 Å². The molecule has 1 heteroatoms. The molecule has 0 spiro atoms. The van der Waals surface area contributed by atoms with Gasteiger partial charge >= 0.3 is 0 Å². The number of hydrogen-bond acceptors (Lipinski definition) is 1. The SMILES string of the molecule is CCCCC1(N)CCCCCCCCCCC1. The fourth-order valence-corrected chi connectivity index (χ4v) is 3.10. The summed E-state index contributed by atoms with van der Waals surface area (Å²) in [5, 5.41) is 0. The molecule has 0 bridgehead atoms. The van der Waals surface area contributed by atoms with E-state index in [2.05, 4.69) is 6.92 Å². The quantitative estimate of drug-likeness (QED) is 0.721. The third-order valence-corrected chi connectivity index (χ3v) is 4.38. The summed E-state index contributed by atoms with van der Waals surface area (Å²) in [7, 11) is 0. The average molecular weight is 239 g/mol. The third kappa shape index (κ3) is 7.08. The van der Waals surface area contributed by atoms with E-state index in [4.69, 9.17) is 5.73 Å².